The summed E-state index contributed by atoms with van der Waals surface area (Å²) < 4.78 is 6.55. The average molecular weight is 350 g/mol. The van der Waals surface area contributed by atoms with Crippen LogP contribution in [0.3, 0.4) is 0 Å². The van der Waals surface area contributed by atoms with Gasteiger partial charge in [-0.1, -0.05) is 0 Å². The second-order valence-electron chi connectivity index (χ2n) is 5.59. The van der Waals surface area contributed by atoms with Crippen molar-refractivity contribution in [2.24, 2.45) is 7.05 Å². The Morgan fingerprint density at radius 1 is 1.46 bits per heavy atom. The zero-order valence-electron chi connectivity index (χ0n) is 14.1. The number of nitrogens with one attached hydrogen (secondary N) is 1. The molecule has 0 aliphatic rings. The molecule has 0 fully saturated rings. The van der Waals surface area contributed by atoms with E-state index in [1.807, 2.05) is 6.07 Å². The van der Waals surface area contributed by atoms with Crippen LogP contribution in [-0.4, -0.2) is 26.4 Å². The number of nitrogen functional groups attached to an aromatic ring is 1. The van der Waals surface area contributed by atoms with Gasteiger partial charge in [0.2, 0.25) is 5.76 Å². The average Bonchev–Trinajstić information content (AvgIpc) is 3.24. The first kappa shape index (κ1) is 16.9. The number of rotatable bonds is 4. The van der Waals surface area contributed by atoms with Gasteiger partial charge < -0.3 is 15.5 Å². The molecule has 9 nitrogen and oxygen atoms in total. The molecule has 0 saturated heterocycles. The summed E-state index contributed by atoms with van der Waals surface area (Å²) in [5, 5.41) is 21.9. The molecule has 0 aliphatic carbocycles. The third-order valence-corrected chi connectivity index (χ3v) is 3.90. The monoisotopic (exact) mass is 350 g/mol. The van der Waals surface area contributed by atoms with Crippen molar-refractivity contribution in [1.29, 1.82) is 5.26 Å². The highest BCUT2D eigenvalue weighted by molar-refractivity contribution is 6.11. The fourth-order valence-electron chi connectivity index (χ4n) is 2.59. The zero-order chi connectivity index (χ0) is 18.8. The predicted molar refractivity (Wildman–Crippen MR) is 93.1 cm³/mol. The molecule has 0 unspecified atom stereocenters. The van der Waals surface area contributed by atoms with Gasteiger partial charge in [-0.2, -0.15) is 10.4 Å². The lowest BCUT2D eigenvalue weighted by atomic mass is 10.1. The number of hydrogen-bond donors (Lipinski definition) is 3. The maximum absolute atomic E-state index is 12.6. The van der Waals surface area contributed by atoms with Crippen molar-refractivity contribution < 1.29 is 14.6 Å². The number of carbonyl (C=O) groups is 1. The van der Waals surface area contributed by atoms with E-state index in [4.69, 9.17) is 20.8 Å². The molecule has 1 amide bonds. The Bertz CT molecular complexity index is 1040. The number of benzene rings is 1. The summed E-state index contributed by atoms with van der Waals surface area (Å²) in [6.07, 6.45) is 2.74. The van der Waals surface area contributed by atoms with E-state index in [2.05, 4.69) is 15.4 Å². The number of nitrogens with two attached hydrogens (primary N) is 2. The van der Waals surface area contributed by atoms with Gasteiger partial charge in [-0.3, -0.25) is 14.9 Å². The summed E-state index contributed by atoms with van der Waals surface area (Å²) in [6, 6.07) is 6.88. The van der Waals surface area contributed by atoms with Gasteiger partial charge in [-0.25, -0.2) is 4.98 Å². The molecule has 0 spiro atoms. The number of aromatic nitrogens is 3. The minimum atomic E-state index is -0.395. The Balaban J connectivity index is 1.91. The van der Waals surface area contributed by atoms with Gasteiger partial charge in [0.05, 0.1) is 11.8 Å². The molecule has 1 aromatic carbocycles. The molecule has 2 heterocycles. The molecule has 2 aromatic heterocycles. The Hall–Kier alpha value is -3.93. The van der Waals surface area contributed by atoms with Crippen LogP contribution in [0.4, 0.5) is 11.4 Å². The molecule has 3 rings (SSSR count). The highest BCUT2D eigenvalue weighted by Crippen LogP contribution is 2.21. The van der Waals surface area contributed by atoms with Crippen molar-refractivity contribution in [1.82, 2.24) is 14.8 Å². The number of nitriles is 1. The molecule has 130 valence electrons. The van der Waals surface area contributed by atoms with E-state index in [1.165, 1.54) is 17.3 Å². The Labute approximate surface area is 148 Å². The number of hydrogen-bond acceptors (Lipinski definition) is 6. The Morgan fingerprint density at radius 2 is 2.23 bits per heavy atom. The van der Waals surface area contributed by atoms with Crippen LogP contribution in [0.15, 0.2) is 35.2 Å². The number of carbonyl (C=O) groups excluding carboxylic acids is 1. The Morgan fingerprint density at radius 3 is 2.85 bits per heavy atom. The molecular formula is C17H16N7O2+. The van der Waals surface area contributed by atoms with E-state index in [-0.39, 0.29) is 5.69 Å². The van der Waals surface area contributed by atoms with E-state index < -0.39 is 5.91 Å². The number of nitrogens with zero attached hydrogens (tertiary/aromatic N) is 4. The SMILES string of the molecule is Cc1c(C#N)nn(C)c1C(=O)Nc1ccc(N)c(C(=[NH2+])c2cnco2)c1. The summed E-state index contributed by atoms with van der Waals surface area (Å²) in [4.78, 5) is 16.4. The van der Waals surface area contributed by atoms with Crippen LogP contribution in [0.5, 0.6) is 0 Å². The van der Waals surface area contributed by atoms with Crippen molar-refractivity contribution in [3.63, 3.8) is 0 Å². The molecule has 0 saturated carbocycles. The fraction of sp³-hybridized carbons (Fsp3) is 0.118. The molecule has 0 atom stereocenters. The summed E-state index contributed by atoms with van der Waals surface area (Å²) in [5.41, 5.74) is 8.73. The molecule has 0 bridgehead atoms. The lowest BCUT2D eigenvalue weighted by Crippen LogP contribution is -2.41. The van der Waals surface area contributed by atoms with Crippen molar-refractivity contribution in [2.45, 2.75) is 6.92 Å². The Kier molecular flexibility index (Phi) is 4.24. The maximum Gasteiger partial charge on any atom is 0.274 e. The number of amides is 1. The van der Waals surface area contributed by atoms with Crippen LogP contribution < -0.4 is 16.5 Å². The van der Waals surface area contributed by atoms with Gasteiger partial charge in [0.15, 0.2) is 12.1 Å². The third-order valence-electron chi connectivity index (χ3n) is 3.90. The van der Waals surface area contributed by atoms with Crippen molar-refractivity contribution in [3.8, 4) is 6.07 Å². The van der Waals surface area contributed by atoms with Crippen LogP contribution in [0, 0.1) is 18.3 Å². The standard InChI is InChI=1S/C17H15N7O2/c1-9-13(6-18)23-24(2)16(9)17(25)22-10-3-4-12(19)11(5-10)15(20)14-7-21-8-26-14/h3-5,7-8,20H,19H2,1-2H3,(H,22,25)/p+1. The van der Waals surface area contributed by atoms with Crippen molar-refractivity contribution in [2.75, 3.05) is 11.1 Å². The van der Waals surface area contributed by atoms with Crippen LogP contribution in [0.1, 0.15) is 33.1 Å². The molecule has 5 N–H and O–H groups in total. The van der Waals surface area contributed by atoms with E-state index in [0.29, 0.717) is 39.7 Å². The van der Waals surface area contributed by atoms with Gasteiger partial charge in [0.25, 0.3) is 11.6 Å². The largest absolute Gasteiger partial charge is 0.437 e. The van der Waals surface area contributed by atoms with Gasteiger partial charge >= 0.3 is 0 Å². The summed E-state index contributed by atoms with van der Waals surface area (Å²) in [7, 11) is 1.60. The number of anilines is 2. The summed E-state index contributed by atoms with van der Waals surface area (Å²) in [5.74, 6) is -0.0192. The lowest BCUT2D eigenvalue weighted by molar-refractivity contribution is -0.112. The predicted octanol–water partition coefficient (Wildman–Crippen LogP) is 0.0192. The highest BCUT2D eigenvalue weighted by atomic mass is 16.3. The smallest absolute Gasteiger partial charge is 0.274 e. The first-order valence-corrected chi connectivity index (χ1v) is 7.58. The van der Waals surface area contributed by atoms with Crippen LogP contribution in [-0.2, 0) is 7.05 Å². The van der Waals surface area contributed by atoms with Gasteiger partial charge in [-0.05, 0) is 25.1 Å². The normalized spacial score (nSPS) is 10.3. The van der Waals surface area contributed by atoms with Gasteiger partial charge in [0.1, 0.15) is 11.8 Å². The minimum Gasteiger partial charge on any atom is -0.437 e. The van der Waals surface area contributed by atoms with Gasteiger partial charge in [0, 0.05) is 24.0 Å². The summed E-state index contributed by atoms with van der Waals surface area (Å²) >= 11 is 0. The summed E-state index contributed by atoms with van der Waals surface area (Å²) in [6.45, 7) is 1.67. The lowest BCUT2D eigenvalue weighted by Gasteiger charge is -2.09. The number of aryl methyl sites for hydroxylation is 1. The van der Waals surface area contributed by atoms with Crippen LogP contribution in [0.25, 0.3) is 0 Å². The molecule has 0 aliphatic heterocycles. The van der Waals surface area contributed by atoms with E-state index in [1.54, 1.807) is 32.2 Å². The highest BCUT2D eigenvalue weighted by Gasteiger charge is 2.21. The third kappa shape index (κ3) is 2.91. The number of oxazole rings is 1. The van der Waals surface area contributed by atoms with Gasteiger partial charge in [-0.15, -0.1) is 0 Å². The molecule has 3 aromatic rings. The molecule has 0 radical (unpaired) electrons. The first-order valence-electron chi connectivity index (χ1n) is 7.58. The maximum atomic E-state index is 12.6. The topological polar surface area (TPSA) is 148 Å². The second-order valence-corrected chi connectivity index (χ2v) is 5.59. The van der Waals surface area contributed by atoms with Crippen molar-refractivity contribution >= 4 is 23.0 Å². The fourth-order valence-corrected chi connectivity index (χ4v) is 2.59. The quantitative estimate of drug-likeness (QED) is 0.446. The van der Waals surface area contributed by atoms with E-state index in [0.717, 1.165) is 0 Å². The molecule has 26 heavy (non-hydrogen) atoms. The minimum absolute atomic E-state index is 0.207. The van der Waals surface area contributed by atoms with E-state index >= 15 is 0 Å². The van der Waals surface area contributed by atoms with Crippen LogP contribution >= 0.6 is 0 Å². The molecular weight excluding hydrogens is 334 g/mol. The van der Waals surface area contributed by atoms with Crippen molar-refractivity contribution in [3.05, 3.63) is 59.1 Å². The van der Waals surface area contributed by atoms with E-state index in [9.17, 15) is 4.79 Å². The van der Waals surface area contributed by atoms with Crippen LogP contribution in [0.2, 0.25) is 0 Å². The second kappa shape index (κ2) is 6.52. The zero-order valence-corrected chi connectivity index (χ0v) is 14.1. The molecule has 9 heteroatoms. The first-order chi connectivity index (χ1) is 12.4.